The summed E-state index contributed by atoms with van der Waals surface area (Å²) in [5.41, 5.74) is 3.30. The molecule has 2 fully saturated rings. The minimum atomic E-state index is -0.677. The highest BCUT2D eigenvalue weighted by molar-refractivity contribution is 6.38. The predicted octanol–water partition coefficient (Wildman–Crippen LogP) is 2.34. The number of oxime groups is 1. The van der Waals surface area contributed by atoms with Crippen molar-refractivity contribution in [2.24, 2.45) is 16.5 Å². The minimum absolute atomic E-state index is 0.0998. The Bertz CT molecular complexity index is 1270. The standard InChI is InChI=1S/C30H41N7O4/c1-19(2)9-26(36-41)29(40)35-23-13-30(14-23)11-22(12-30)34-27-10-25(32-18-33-27)28(39)31-15-24(38)17-37-8-7-20-5-3-4-6-21(20)16-37/h3-6,10,18-19,22-24,38,41H,7-9,11-17H2,1-2H3,(H,31,39)(H,35,40)(H,32,33,34)/b36-26-/t22?,23?,24-,30?/m0/s1. The van der Waals surface area contributed by atoms with Crippen molar-refractivity contribution in [2.75, 3.05) is 25.0 Å². The van der Waals surface area contributed by atoms with Crippen LogP contribution in [0, 0.1) is 11.3 Å². The first-order valence-electron chi connectivity index (χ1n) is 14.6. The molecule has 0 saturated heterocycles. The number of carbonyl (C=O) groups is 2. The molecule has 1 atom stereocenters. The van der Waals surface area contributed by atoms with Crippen LogP contribution in [0.25, 0.3) is 0 Å². The zero-order valence-electron chi connectivity index (χ0n) is 23.8. The molecule has 41 heavy (non-hydrogen) atoms. The Morgan fingerprint density at radius 3 is 2.59 bits per heavy atom. The van der Waals surface area contributed by atoms with E-state index >= 15 is 0 Å². The number of aromatic nitrogens is 2. The molecule has 1 spiro atoms. The monoisotopic (exact) mass is 563 g/mol. The van der Waals surface area contributed by atoms with Crippen molar-refractivity contribution in [1.82, 2.24) is 25.5 Å². The second-order valence-electron chi connectivity index (χ2n) is 12.4. The van der Waals surface area contributed by atoms with Crippen molar-refractivity contribution in [3.8, 4) is 0 Å². The lowest BCUT2D eigenvalue weighted by Crippen LogP contribution is -2.59. The number of aliphatic hydroxyl groups excluding tert-OH is 1. The van der Waals surface area contributed by atoms with E-state index < -0.39 is 6.10 Å². The van der Waals surface area contributed by atoms with Gasteiger partial charge in [-0.25, -0.2) is 9.97 Å². The van der Waals surface area contributed by atoms with Gasteiger partial charge in [-0.1, -0.05) is 43.3 Å². The first-order chi connectivity index (χ1) is 19.7. The molecule has 2 aliphatic carbocycles. The maximum Gasteiger partial charge on any atom is 0.270 e. The zero-order chi connectivity index (χ0) is 29.0. The van der Waals surface area contributed by atoms with Crippen molar-refractivity contribution < 1.29 is 19.9 Å². The molecular formula is C30H41N7O4. The van der Waals surface area contributed by atoms with E-state index in [-0.39, 0.29) is 53.2 Å². The number of aliphatic hydroxyl groups is 1. The molecule has 1 aliphatic heterocycles. The van der Waals surface area contributed by atoms with E-state index in [1.165, 1.54) is 17.5 Å². The van der Waals surface area contributed by atoms with Crippen LogP contribution in [0.3, 0.4) is 0 Å². The summed E-state index contributed by atoms with van der Waals surface area (Å²) in [4.78, 5) is 35.7. The van der Waals surface area contributed by atoms with Crippen LogP contribution in [0.5, 0.6) is 0 Å². The topological polar surface area (TPSA) is 152 Å². The smallest absolute Gasteiger partial charge is 0.270 e. The molecular weight excluding hydrogens is 522 g/mol. The van der Waals surface area contributed by atoms with E-state index in [2.05, 4.69) is 54.2 Å². The van der Waals surface area contributed by atoms with Crippen molar-refractivity contribution in [1.29, 1.82) is 0 Å². The summed E-state index contributed by atoms with van der Waals surface area (Å²) in [6, 6.07) is 10.4. The molecule has 11 heteroatoms. The minimum Gasteiger partial charge on any atom is -0.410 e. The lowest BCUT2D eigenvalue weighted by Gasteiger charge is -2.57. The number of hydrogen-bond donors (Lipinski definition) is 5. The SMILES string of the molecule is CC(C)C/C(=N/O)C(=O)NC1CC2(C1)CC(Nc1cc(C(=O)NC[C@H](O)CN3CCc4ccccc4C3)ncn1)C2. The molecule has 2 aromatic rings. The second-order valence-corrected chi connectivity index (χ2v) is 12.4. The van der Waals surface area contributed by atoms with Gasteiger partial charge in [0, 0.05) is 50.7 Å². The Kier molecular flexibility index (Phi) is 8.84. The summed E-state index contributed by atoms with van der Waals surface area (Å²) in [7, 11) is 0. The van der Waals surface area contributed by atoms with Crippen LogP contribution in [-0.2, 0) is 17.8 Å². The Morgan fingerprint density at radius 1 is 1.12 bits per heavy atom. The fraction of sp³-hybridized carbons (Fsp3) is 0.567. The highest BCUT2D eigenvalue weighted by Gasteiger charge is 2.53. The van der Waals surface area contributed by atoms with Gasteiger partial charge in [0.2, 0.25) is 0 Å². The summed E-state index contributed by atoms with van der Waals surface area (Å²) < 4.78 is 0. The quantitative estimate of drug-likeness (QED) is 0.159. The summed E-state index contributed by atoms with van der Waals surface area (Å²) in [6.07, 6.45) is 5.84. The van der Waals surface area contributed by atoms with Crippen molar-refractivity contribution in [3.63, 3.8) is 0 Å². The number of rotatable bonds is 11. The Hall–Kier alpha value is -3.57. The van der Waals surface area contributed by atoms with Crippen molar-refractivity contribution in [3.05, 3.63) is 53.5 Å². The molecule has 2 saturated carbocycles. The van der Waals surface area contributed by atoms with Crippen LogP contribution < -0.4 is 16.0 Å². The number of β-amino-alcohol motifs (C(OH)–C–C–N with tert-alkyl or cyclic N) is 1. The summed E-state index contributed by atoms with van der Waals surface area (Å²) >= 11 is 0. The summed E-state index contributed by atoms with van der Waals surface area (Å²) in [5, 5.41) is 32.1. The van der Waals surface area contributed by atoms with Gasteiger partial charge in [0.25, 0.3) is 11.8 Å². The third-order valence-electron chi connectivity index (χ3n) is 8.47. The van der Waals surface area contributed by atoms with E-state index in [1.54, 1.807) is 6.07 Å². The van der Waals surface area contributed by atoms with Gasteiger partial charge in [-0.15, -0.1) is 0 Å². The summed E-state index contributed by atoms with van der Waals surface area (Å²) in [6.45, 7) is 6.29. The van der Waals surface area contributed by atoms with Crippen molar-refractivity contribution >= 4 is 23.3 Å². The molecule has 2 heterocycles. The number of carbonyl (C=O) groups excluding carboxylic acids is 2. The second kappa shape index (κ2) is 12.5. The van der Waals surface area contributed by atoms with E-state index in [9.17, 15) is 14.7 Å². The lowest BCUT2D eigenvalue weighted by atomic mass is 9.52. The average molecular weight is 564 g/mol. The highest BCUT2D eigenvalue weighted by Crippen LogP contribution is 2.56. The summed E-state index contributed by atoms with van der Waals surface area (Å²) in [5.74, 6) is 0.205. The van der Waals surface area contributed by atoms with E-state index in [0.29, 0.717) is 18.8 Å². The normalized spacial score (nSPS) is 24.6. The average Bonchev–Trinajstić information content (AvgIpc) is 2.92. The van der Waals surface area contributed by atoms with Gasteiger partial charge in [-0.3, -0.25) is 14.5 Å². The number of nitrogens with one attached hydrogen (secondary N) is 3. The number of fused-ring (bicyclic) bond motifs is 1. The van der Waals surface area contributed by atoms with E-state index in [1.807, 2.05) is 19.9 Å². The molecule has 1 aromatic heterocycles. The molecule has 0 bridgehead atoms. The first-order valence-corrected chi connectivity index (χ1v) is 14.6. The van der Waals surface area contributed by atoms with Gasteiger partial charge >= 0.3 is 0 Å². The highest BCUT2D eigenvalue weighted by atomic mass is 16.4. The van der Waals surface area contributed by atoms with Crippen LogP contribution >= 0.6 is 0 Å². The van der Waals surface area contributed by atoms with Gasteiger partial charge in [-0.2, -0.15) is 0 Å². The van der Waals surface area contributed by atoms with Crippen LogP contribution in [0.15, 0.2) is 41.8 Å². The van der Waals surface area contributed by atoms with Crippen molar-refractivity contribution in [2.45, 2.75) is 77.1 Å². The number of amides is 2. The molecule has 0 unspecified atom stereocenters. The first kappa shape index (κ1) is 28.9. The van der Waals surface area contributed by atoms with Gasteiger partial charge in [0.15, 0.2) is 0 Å². The molecule has 3 aliphatic rings. The number of hydrogen-bond acceptors (Lipinski definition) is 9. The number of benzene rings is 1. The van der Waals surface area contributed by atoms with Crippen LogP contribution in [0.4, 0.5) is 5.82 Å². The Labute approximate surface area is 240 Å². The molecule has 1 aromatic carbocycles. The van der Waals surface area contributed by atoms with Gasteiger partial charge in [-0.05, 0) is 54.6 Å². The lowest BCUT2D eigenvalue weighted by molar-refractivity contribution is -0.118. The fourth-order valence-electron chi connectivity index (χ4n) is 6.49. The largest absolute Gasteiger partial charge is 0.410 e. The molecule has 2 amide bonds. The van der Waals surface area contributed by atoms with Gasteiger partial charge < -0.3 is 26.3 Å². The van der Waals surface area contributed by atoms with Gasteiger partial charge in [0.1, 0.15) is 23.6 Å². The molecule has 220 valence electrons. The zero-order valence-corrected chi connectivity index (χ0v) is 23.8. The third kappa shape index (κ3) is 7.20. The predicted molar refractivity (Wildman–Crippen MR) is 155 cm³/mol. The third-order valence-corrected chi connectivity index (χ3v) is 8.47. The molecule has 11 nitrogen and oxygen atoms in total. The van der Waals surface area contributed by atoms with E-state index in [4.69, 9.17) is 5.21 Å². The van der Waals surface area contributed by atoms with E-state index in [0.717, 1.165) is 45.2 Å². The fourth-order valence-corrected chi connectivity index (χ4v) is 6.49. The molecule has 0 radical (unpaired) electrons. The van der Waals surface area contributed by atoms with Gasteiger partial charge in [0.05, 0.1) is 6.10 Å². The number of nitrogens with zero attached hydrogens (tertiary/aromatic N) is 4. The maximum atomic E-state index is 12.7. The maximum absolute atomic E-state index is 12.7. The Morgan fingerprint density at radius 2 is 1.85 bits per heavy atom. The van der Waals surface area contributed by atoms with Crippen LogP contribution in [0.1, 0.15) is 67.6 Å². The van der Waals surface area contributed by atoms with Crippen LogP contribution in [0.2, 0.25) is 0 Å². The number of anilines is 1. The molecule has 5 rings (SSSR count). The van der Waals surface area contributed by atoms with Crippen LogP contribution in [-0.4, -0.2) is 80.5 Å². The Balaban J connectivity index is 1.02. The molecule has 5 N–H and O–H groups in total.